The Morgan fingerprint density at radius 1 is 0.929 bits per heavy atom. The quantitative estimate of drug-likeness (QED) is 0.450. The molecule has 0 bridgehead atoms. The predicted octanol–water partition coefficient (Wildman–Crippen LogP) is 4.29. The highest BCUT2D eigenvalue weighted by molar-refractivity contribution is 7.14. The molecule has 0 unspecified atom stereocenters. The molecule has 28 heavy (non-hydrogen) atoms. The molecular formula is C20H21N3O4S. The summed E-state index contributed by atoms with van der Waals surface area (Å²) in [6, 6.07) is 11.7. The Hall–Kier alpha value is -3.26. The lowest BCUT2D eigenvalue weighted by molar-refractivity contribution is 0.318. The molecule has 0 saturated heterocycles. The SMILES string of the molecule is COc1cc(OC)c(OC)c(OC)c1C=NNc1nc(-c2ccccc2)cs1. The minimum atomic E-state index is 0.466. The molecule has 1 N–H and O–H groups in total. The average molecular weight is 399 g/mol. The lowest BCUT2D eigenvalue weighted by Crippen LogP contribution is -2.02. The maximum atomic E-state index is 5.50. The monoisotopic (exact) mass is 399 g/mol. The first-order valence-corrected chi connectivity index (χ1v) is 9.26. The Labute approximate surface area is 167 Å². The number of nitrogens with one attached hydrogen (secondary N) is 1. The highest BCUT2D eigenvalue weighted by Gasteiger charge is 2.20. The molecule has 0 aliphatic heterocycles. The summed E-state index contributed by atoms with van der Waals surface area (Å²) in [7, 11) is 6.22. The van der Waals surface area contributed by atoms with E-state index in [9.17, 15) is 0 Å². The topological polar surface area (TPSA) is 74.2 Å². The molecule has 3 rings (SSSR count). The molecule has 0 fully saturated rings. The lowest BCUT2D eigenvalue weighted by Gasteiger charge is -2.16. The number of benzene rings is 2. The Kier molecular flexibility index (Phi) is 6.33. The van der Waals surface area contributed by atoms with Crippen LogP contribution in [0, 0.1) is 0 Å². The fourth-order valence-corrected chi connectivity index (χ4v) is 3.33. The number of aromatic nitrogens is 1. The number of hydrogen-bond donors (Lipinski definition) is 1. The maximum Gasteiger partial charge on any atom is 0.204 e. The first kappa shape index (κ1) is 19.5. The average Bonchev–Trinajstić information content (AvgIpc) is 3.22. The van der Waals surface area contributed by atoms with E-state index in [0.717, 1.165) is 11.3 Å². The van der Waals surface area contributed by atoms with Gasteiger partial charge in [-0.3, -0.25) is 5.43 Å². The van der Waals surface area contributed by atoms with E-state index in [1.807, 2.05) is 35.7 Å². The van der Waals surface area contributed by atoms with Gasteiger partial charge in [0, 0.05) is 17.0 Å². The van der Waals surface area contributed by atoms with Gasteiger partial charge < -0.3 is 18.9 Å². The van der Waals surface area contributed by atoms with Crippen LogP contribution in [-0.4, -0.2) is 39.6 Å². The molecule has 0 spiro atoms. The minimum Gasteiger partial charge on any atom is -0.496 e. The molecule has 0 amide bonds. The zero-order chi connectivity index (χ0) is 19.9. The van der Waals surface area contributed by atoms with Crippen molar-refractivity contribution in [1.29, 1.82) is 0 Å². The molecule has 0 radical (unpaired) electrons. The summed E-state index contributed by atoms with van der Waals surface area (Å²) in [5.41, 5.74) is 5.51. The number of ether oxygens (including phenoxy) is 4. The molecular weight excluding hydrogens is 378 g/mol. The van der Waals surface area contributed by atoms with E-state index in [4.69, 9.17) is 18.9 Å². The molecule has 1 aromatic heterocycles. The number of rotatable bonds is 8. The smallest absolute Gasteiger partial charge is 0.204 e. The molecule has 2 aromatic carbocycles. The number of hydrogen-bond acceptors (Lipinski definition) is 8. The fraction of sp³-hybridized carbons (Fsp3) is 0.200. The van der Waals surface area contributed by atoms with Crippen LogP contribution in [0.5, 0.6) is 23.0 Å². The van der Waals surface area contributed by atoms with Crippen LogP contribution in [0.3, 0.4) is 0 Å². The fourth-order valence-electron chi connectivity index (χ4n) is 2.67. The number of hydrazone groups is 1. The van der Waals surface area contributed by atoms with Crippen LogP contribution in [0.2, 0.25) is 0 Å². The number of methoxy groups -OCH3 is 4. The number of anilines is 1. The van der Waals surface area contributed by atoms with Crippen molar-refractivity contribution in [1.82, 2.24) is 4.98 Å². The van der Waals surface area contributed by atoms with E-state index < -0.39 is 0 Å². The molecule has 0 saturated carbocycles. The highest BCUT2D eigenvalue weighted by atomic mass is 32.1. The van der Waals surface area contributed by atoms with E-state index in [0.29, 0.717) is 33.7 Å². The van der Waals surface area contributed by atoms with Gasteiger partial charge in [0.2, 0.25) is 10.9 Å². The zero-order valence-corrected chi connectivity index (χ0v) is 16.9. The normalized spacial score (nSPS) is 10.7. The van der Waals surface area contributed by atoms with Crippen molar-refractivity contribution in [3.05, 3.63) is 47.3 Å². The molecule has 0 aliphatic carbocycles. The second-order valence-electron chi connectivity index (χ2n) is 5.54. The van der Waals surface area contributed by atoms with Crippen LogP contribution < -0.4 is 24.4 Å². The van der Waals surface area contributed by atoms with Gasteiger partial charge in [0.15, 0.2) is 11.5 Å². The molecule has 0 aliphatic rings. The van der Waals surface area contributed by atoms with Gasteiger partial charge >= 0.3 is 0 Å². The second kappa shape index (κ2) is 9.09. The summed E-state index contributed by atoms with van der Waals surface area (Å²) in [6.07, 6.45) is 1.60. The van der Waals surface area contributed by atoms with Gasteiger partial charge in [0.1, 0.15) is 5.75 Å². The highest BCUT2D eigenvalue weighted by Crippen LogP contribution is 2.44. The van der Waals surface area contributed by atoms with Gasteiger partial charge in [-0.25, -0.2) is 4.98 Å². The Balaban J connectivity index is 1.85. The molecule has 1 heterocycles. The summed E-state index contributed by atoms with van der Waals surface area (Å²) in [5.74, 6) is 1.99. The van der Waals surface area contributed by atoms with Crippen molar-refractivity contribution in [3.63, 3.8) is 0 Å². The molecule has 7 nitrogen and oxygen atoms in total. The second-order valence-corrected chi connectivity index (χ2v) is 6.39. The van der Waals surface area contributed by atoms with Crippen LogP contribution >= 0.6 is 11.3 Å². The van der Waals surface area contributed by atoms with Crippen LogP contribution in [0.25, 0.3) is 11.3 Å². The van der Waals surface area contributed by atoms with E-state index in [1.54, 1.807) is 40.7 Å². The number of thiazole rings is 1. The zero-order valence-electron chi connectivity index (χ0n) is 16.1. The van der Waals surface area contributed by atoms with Crippen molar-refractivity contribution >= 4 is 22.7 Å². The van der Waals surface area contributed by atoms with Gasteiger partial charge in [-0.05, 0) is 0 Å². The van der Waals surface area contributed by atoms with Crippen molar-refractivity contribution in [2.24, 2.45) is 5.10 Å². The van der Waals surface area contributed by atoms with Gasteiger partial charge in [0.05, 0.1) is 45.9 Å². The summed E-state index contributed by atoms with van der Waals surface area (Å²) in [4.78, 5) is 4.54. The molecule has 3 aromatic rings. The summed E-state index contributed by atoms with van der Waals surface area (Å²) in [6.45, 7) is 0. The standard InChI is InChI=1S/C20H21N3O4S/c1-24-16-10-17(25-2)19(27-4)18(26-3)14(16)11-21-23-20-22-15(12-28-20)13-8-6-5-7-9-13/h5-12H,1-4H3,(H,22,23). The summed E-state index contributed by atoms with van der Waals surface area (Å²) in [5, 5.41) is 6.94. The van der Waals surface area contributed by atoms with Crippen LogP contribution in [0.15, 0.2) is 46.9 Å². The van der Waals surface area contributed by atoms with Crippen molar-refractivity contribution < 1.29 is 18.9 Å². The lowest BCUT2D eigenvalue weighted by atomic mass is 10.1. The summed E-state index contributed by atoms with van der Waals surface area (Å²) >= 11 is 1.47. The van der Waals surface area contributed by atoms with Gasteiger partial charge in [-0.2, -0.15) is 5.10 Å². The molecule has 8 heteroatoms. The largest absolute Gasteiger partial charge is 0.496 e. The van der Waals surface area contributed by atoms with E-state index in [-0.39, 0.29) is 0 Å². The third-order valence-corrected chi connectivity index (χ3v) is 4.72. The van der Waals surface area contributed by atoms with Gasteiger partial charge in [-0.15, -0.1) is 11.3 Å². The van der Waals surface area contributed by atoms with Crippen LogP contribution in [-0.2, 0) is 0 Å². The van der Waals surface area contributed by atoms with Crippen LogP contribution in [0.1, 0.15) is 5.56 Å². The van der Waals surface area contributed by atoms with Gasteiger partial charge in [0.25, 0.3) is 0 Å². The Morgan fingerprint density at radius 2 is 1.64 bits per heavy atom. The third-order valence-electron chi connectivity index (χ3n) is 3.98. The Morgan fingerprint density at radius 3 is 2.29 bits per heavy atom. The molecule has 0 atom stereocenters. The van der Waals surface area contributed by atoms with Crippen LogP contribution in [0.4, 0.5) is 5.13 Å². The van der Waals surface area contributed by atoms with E-state index in [1.165, 1.54) is 11.3 Å². The van der Waals surface area contributed by atoms with E-state index in [2.05, 4.69) is 15.5 Å². The minimum absolute atomic E-state index is 0.466. The maximum absolute atomic E-state index is 5.50. The van der Waals surface area contributed by atoms with Crippen molar-refractivity contribution in [2.45, 2.75) is 0 Å². The predicted molar refractivity (Wildman–Crippen MR) is 111 cm³/mol. The van der Waals surface area contributed by atoms with Gasteiger partial charge in [-0.1, -0.05) is 30.3 Å². The van der Waals surface area contributed by atoms with E-state index >= 15 is 0 Å². The molecule has 146 valence electrons. The first-order chi connectivity index (χ1) is 13.7. The summed E-state index contributed by atoms with van der Waals surface area (Å²) < 4.78 is 21.7. The first-order valence-electron chi connectivity index (χ1n) is 8.38. The Bertz CT molecular complexity index is 958. The van der Waals surface area contributed by atoms with Crippen molar-refractivity contribution in [3.8, 4) is 34.3 Å². The number of nitrogens with zero attached hydrogens (tertiary/aromatic N) is 2. The third kappa shape index (κ3) is 4.01. The van der Waals surface area contributed by atoms with Crippen molar-refractivity contribution in [2.75, 3.05) is 33.9 Å².